The molecule has 5 nitrogen and oxygen atoms in total. The maximum absolute atomic E-state index is 12.3. The number of hydrogen-bond acceptors (Lipinski definition) is 4. The van der Waals surface area contributed by atoms with Gasteiger partial charge in [-0.15, -0.1) is 0 Å². The lowest BCUT2D eigenvalue weighted by atomic mass is 10.1. The summed E-state index contributed by atoms with van der Waals surface area (Å²) >= 11 is 0. The van der Waals surface area contributed by atoms with Crippen LogP contribution in [0.3, 0.4) is 0 Å². The topological polar surface area (TPSA) is 64.4 Å². The fraction of sp³-hybridized carbons (Fsp3) is 0.176. The van der Waals surface area contributed by atoms with Crippen molar-refractivity contribution in [2.75, 3.05) is 7.11 Å². The molecule has 3 rings (SSSR count). The van der Waals surface area contributed by atoms with Gasteiger partial charge in [-0.3, -0.25) is 9.78 Å². The van der Waals surface area contributed by atoms with Crippen molar-refractivity contribution in [2.24, 2.45) is 0 Å². The number of rotatable bonds is 4. The third-order valence-corrected chi connectivity index (χ3v) is 3.55. The maximum Gasteiger partial charge on any atom is 0.287 e. The molecule has 1 aromatic carbocycles. The largest absolute Gasteiger partial charge is 0.497 e. The van der Waals surface area contributed by atoms with Gasteiger partial charge in [0.1, 0.15) is 11.3 Å². The monoisotopic (exact) mass is 296 g/mol. The van der Waals surface area contributed by atoms with Crippen LogP contribution in [0.2, 0.25) is 0 Å². The van der Waals surface area contributed by atoms with Crippen LogP contribution in [0.25, 0.3) is 11.0 Å². The summed E-state index contributed by atoms with van der Waals surface area (Å²) in [4.78, 5) is 16.3. The molecule has 0 unspecified atom stereocenters. The average Bonchev–Trinajstić information content (AvgIpc) is 2.90. The minimum atomic E-state index is -0.232. The van der Waals surface area contributed by atoms with Crippen LogP contribution in [-0.2, 0) is 6.54 Å². The number of fused-ring (bicyclic) bond motifs is 1. The molecule has 0 atom stereocenters. The summed E-state index contributed by atoms with van der Waals surface area (Å²) in [5.41, 5.74) is 2.47. The van der Waals surface area contributed by atoms with Gasteiger partial charge >= 0.3 is 0 Å². The molecule has 5 heteroatoms. The van der Waals surface area contributed by atoms with E-state index < -0.39 is 0 Å². The van der Waals surface area contributed by atoms with Crippen LogP contribution >= 0.6 is 0 Å². The van der Waals surface area contributed by atoms with Crippen molar-refractivity contribution in [3.63, 3.8) is 0 Å². The van der Waals surface area contributed by atoms with E-state index in [1.807, 2.05) is 31.2 Å². The summed E-state index contributed by atoms with van der Waals surface area (Å²) in [6.45, 7) is 2.30. The van der Waals surface area contributed by atoms with Crippen molar-refractivity contribution < 1.29 is 13.9 Å². The van der Waals surface area contributed by atoms with Crippen LogP contribution in [0.5, 0.6) is 5.75 Å². The zero-order valence-electron chi connectivity index (χ0n) is 12.4. The predicted octanol–water partition coefficient (Wildman–Crippen LogP) is 3.07. The molecule has 0 spiro atoms. The second-order valence-corrected chi connectivity index (χ2v) is 4.96. The molecule has 0 fully saturated rings. The second kappa shape index (κ2) is 5.89. The lowest BCUT2D eigenvalue weighted by Gasteiger charge is -2.03. The molecule has 0 saturated carbocycles. The minimum Gasteiger partial charge on any atom is -0.497 e. The Morgan fingerprint density at radius 3 is 2.77 bits per heavy atom. The molecular formula is C17H16N2O3. The number of nitrogens with one attached hydrogen (secondary N) is 1. The highest BCUT2D eigenvalue weighted by Crippen LogP contribution is 2.28. The molecule has 0 radical (unpaired) electrons. The number of benzene rings is 1. The molecular weight excluding hydrogens is 280 g/mol. The average molecular weight is 296 g/mol. The van der Waals surface area contributed by atoms with Crippen molar-refractivity contribution in [1.29, 1.82) is 0 Å². The van der Waals surface area contributed by atoms with Crippen LogP contribution in [0.1, 0.15) is 21.7 Å². The Labute approximate surface area is 127 Å². The third-order valence-electron chi connectivity index (χ3n) is 3.55. The van der Waals surface area contributed by atoms with Gasteiger partial charge in [0.15, 0.2) is 5.76 Å². The maximum atomic E-state index is 12.3. The second-order valence-electron chi connectivity index (χ2n) is 4.96. The first kappa shape index (κ1) is 14.1. The zero-order valence-corrected chi connectivity index (χ0v) is 12.4. The Bertz CT molecular complexity index is 809. The van der Waals surface area contributed by atoms with Gasteiger partial charge < -0.3 is 14.5 Å². The zero-order chi connectivity index (χ0) is 15.5. The molecule has 112 valence electrons. The van der Waals surface area contributed by atoms with Crippen LogP contribution < -0.4 is 10.1 Å². The van der Waals surface area contributed by atoms with Gasteiger partial charge in [-0.25, -0.2) is 0 Å². The van der Waals surface area contributed by atoms with Gasteiger partial charge in [0.05, 0.1) is 7.11 Å². The lowest BCUT2D eigenvalue weighted by molar-refractivity contribution is 0.0924. The summed E-state index contributed by atoms with van der Waals surface area (Å²) in [5, 5.41) is 3.74. The number of aryl methyl sites for hydroxylation is 1. The van der Waals surface area contributed by atoms with E-state index in [2.05, 4.69) is 10.3 Å². The number of amides is 1. The Hall–Kier alpha value is -2.82. The Kier molecular flexibility index (Phi) is 3.78. The van der Waals surface area contributed by atoms with Crippen molar-refractivity contribution >= 4 is 16.9 Å². The van der Waals surface area contributed by atoms with Crippen molar-refractivity contribution in [1.82, 2.24) is 10.3 Å². The number of hydrogen-bond donors (Lipinski definition) is 1. The first-order valence-electron chi connectivity index (χ1n) is 6.93. The molecule has 2 heterocycles. The van der Waals surface area contributed by atoms with E-state index in [1.54, 1.807) is 25.6 Å². The van der Waals surface area contributed by atoms with E-state index in [4.69, 9.17) is 9.15 Å². The van der Waals surface area contributed by atoms with Gasteiger partial charge in [-0.05, 0) is 42.8 Å². The molecule has 0 aliphatic carbocycles. The Morgan fingerprint density at radius 1 is 1.27 bits per heavy atom. The number of carbonyl (C=O) groups excluding carboxylic acids is 1. The van der Waals surface area contributed by atoms with E-state index in [-0.39, 0.29) is 5.91 Å². The predicted molar refractivity (Wildman–Crippen MR) is 82.9 cm³/mol. The van der Waals surface area contributed by atoms with E-state index in [1.165, 1.54) is 0 Å². The summed E-state index contributed by atoms with van der Waals surface area (Å²) in [6, 6.07) is 9.20. The number of furan rings is 1. The highest BCUT2D eigenvalue weighted by atomic mass is 16.5. The molecule has 0 saturated heterocycles. The molecule has 0 aliphatic rings. The molecule has 0 aliphatic heterocycles. The molecule has 1 N–H and O–H groups in total. The van der Waals surface area contributed by atoms with Crippen LogP contribution in [0.15, 0.2) is 47.1 Å². The quantitative estimate of drug-likeness (QED) is 0.803. The molecule has 3 aromatic rings. The van der Waals surface area contributed by atoms with Crippen molar-refractivity contribution in [2.45, 2.75) is 13.5 Å². The van der Waals surface area contributed by atoms with Gasteiger partial charge in [-0.2, -0.15) is 0 Å². The number of aromatic nitrogens is 1. The normalized spacial score (nSPS) is 10.6. The number of carbonyl (C=O) groups is 1. The van der Waals surface area contributed by atoms with Crippen LogP contribution in [0, 0.1) is 6.92 Å². The first-order chi connectivity index (χ1) is 10.7. The first-order valence-corrected chi connectivity index (χ1v) is 6.93. The number of nitrogens with zero attached hydrogens (tertiary/aromatic N) is 1. The highest BCUT2D eigenvalue weighted by molar-refractivity contribution is 5.99. The number of ether oxygens (including phenoxy) is 1. The molecule has 0 bridgehead atoms. The summed E-state index contributed by atoms with van der Waals surface area (Å²) in [7, 11) is 1.61. The standard InChI is InChI=1S/C17H16N2O3/c1-11-14-9-13(21-2)3-4-15(14)22-16(11)17(20)19-10-12-5-7-18-8-6-12/h3-9H,10H2,1-2H3,(H,19,20). The van der Waals surface area contributed by atoms with Gasteiger partial charge in [-0.1, -0.05) is 0 Å². The summed E-state index contributed by atoms with van der Waals surface area (Å²) in [5.74, 6) is 0.835. The fourth-order valence-corrected chi connectivity index (χ4v) is 2.31. The summed E-state index contributed by atoms with van der Waals surface area (Å²) in [6.07, 6.45) is 3.39. The third kappa shape index (κ3) is 2.65. The van der Waals surface area contributed by atoms with E-state index >= 15 is 0 Å². The SMILES string of the molecule is COc1ccc2oc(C(=O)NCc3ccncc3)c(C)c2c1. The molecule has 22 heavy (non-hydrogen) atoms. The minimum absolute atomic E-state index is 0.232. The van der Waals surface area contributed by atoms with E-state index in [0.29, 0.717) is 17.9 Å². The van der Waals surface area contributed by atoms with Crippen LogP contribution in [-0.4, -0.2) is 18.0 Å². The number of methoxy groups -OCH3 is 1. The van der Waals surface area contributed by atoms with Gasteiger partial charge in [0.25, 0.3) is 5.91 Å². The smallest absolute Gasteiger partial charge is 0.287 e. The Balaban J connectivity index is 1.83. The van der Waals surface area contributed by atoms with Gasteiger partial charge in [0, 0.05) is 29.9 Å². The van der Waals surface area contributed by atoms with Gasteiger partial charge in [0.2, 0.25) is 0 Å². The van der Waals surface area contributed by atoms with Crippen molar-refractivity contribution in [3.8, 4) is 5.75 Å². The molecule has 2 aromatic heterocycles. The lowest BCUT2D eigenvalue weighted by Crippen LogP contribution is -2.22. The Morgan fingerprint density at radius 2 is 2.05 bits per heavy atom. The van der Waals surface area contributed by atoms with Crippen molar-refractivity contribution in [3.05, 3.63) is 59.6 Å². The highest BCUT2D eigenvalue weighted by Gasteiger charge is 2.17. The fourth-order valence-electron chi connectivity index (χ4n) is 2.31. The van der Waals surface area contributed by atoms with Crippen LogP contribution in [0.4, 0.5) is 0 Å². The number of pyridine rings is 1. The van der Waals surface area contributed by atoms with E-state index in [0.717, 1.165) is 22.3 Å². The molecule has 1 amide bonds. The van der Waals surface area contributed by atoms with E-state index in [9.17, 15) is 4.79 Å². The summed E-state index contributed by atoms with van der Waals surface area (Å²) < 4.78 is 10.9.